The molecule has 3 rings (SSSR count). The van der Waals surface area contributed by atoms with E-state index >= 15 is 0 Å². The van der Waals surface area contributed by atoms with Gasteiger partial charge in [-0.1, -0.05) is 67.6 Å². The summed E-state index contributed by atoms with van der Waals surface area (Å²) in [6, 6.07) is 20.7. The van der Waals surface area contributed by atoms with E-state index in [2.05, 4.69) is 84.1 Å². The van der Waals surface area contributed by atoms with Gasteiger partial charge in [-0.2, -0.15) is 0 Å². The second-order valence-corrected chi connectivity index (χ2v) is 14.3. The van der Waals surface area contributed by atoms with Gasteiger partial charge in [-0.25, -0.2) is 0 Å². The van der Waals surface area contributed by atoms with Crippen LogP contribution in [0.1, 0.15) is 40.2 Å². The van der Waals surface area contributed by atoms with E-state index in [1.807, 2.05) is 24.3 Å². The molecule has 4 nitrogen and oxygen atoms in total. The van der Waals surface area contributed by atoms with Crippen molar-refractivity contribution in [3.05, 3.63) is 66.2 Å². The summed E-state index contributed by atoms with van der Waals surface area (Å²) in [4.78, 5) is 0. The zero-order chi connectivity index (χ0) is 22.8. The van der Waals surface area contributed by atoms with E-state index in [0.29, 0.717) is 19.8 Å². The van der Waals surface area contributed by atoms with Gasteiger partial charge < -0.3 is 18.5 Å². The molecule has 1 fully saturated rings. The van der Waals surface area contributed by atoms with Crippen molar-refractivity contribution in [2.75, 3.05) is 13.2 Å². The van der Waals surface area contributed by atoms with Crippen molar-refractivity contribution in [1.82, 2.24) is 0 Å². The minimum atomic E-state index is -2.08. The first-order chi connectivity index (χ1) is 14.5. The van der Waals surface area contributed by atoms with Gasteiger partial charge in [0, 0.05) is 11.9 Å². The number of hydrogen-bond donors (Lipinski definition) is 0. The van der Waals surface area contributed by atoms with Crippen LogP contribution < -0.4 is 5.19 Å². The third-order valence-electron chi connectivity index (χ3n) is 6.60. The molecular weight excluding hydrogens is 403 g/mol. The lowest BCUT2D eigenvalue weighted by molar-refractivity contribution is 0.00578. The molecule has 1 atom stereocenters. The maximum atomic E-state index is 6.63. The molecule has 1 unspecified atom stereocenters. The Morgan fingerprint density at radius 3 is 1.90 bits per heavy atom. The second kappa shape index (κ2) is 9.20. The van der Waals surface area contributed by atoms with Gasteiger partial charge >= 0.3 is 7.12 Å². The fourth-order valence-electron chi connectivity index (χ4n) is 3.55. The average molecular weight is 440 g/mol. The van der Waals surface area contributed by atoms with Crippen LogP contribution in [0.25, 0.3) is 0 Å². The molecule has 0 bridgehead atoms. The second-order valence-electron chi connectivity index (χ2n) is 10.4. The third kappa shape index (κ3) is 5.68. The van der Waals surface area contributed by atoms with Gasteiger partial charge in [-0.05, 0) is 51.5 Å². The quantitative estimate of drug-likeness (QED) is 0.504. The Balaban J connectivity index is 1.75. The molecule has 1 aliphatic heterocycles. The van der Waals surface area contributed by atoms with Gasteiger partial charge in [0.2, 0.25) is 8.32 Å². The van der Waals surface area contributed by atoms with Crippen LogP contribution >= 0.6 is 0 Å². The van der Waals surface area contributed by atoms with E-state index in [1.165, 1.54) is 5.19 Å². The zero-order valence-corrected chi connectivity index (χ0v) is 21.1. The Morgan fingerprint density at radius 2 is 1.35 bits per heavy atom. The summed E-state index contributed by atoms with van der Waals surface area (Å²) in [6.07, 6.45) is 0. The maximum absolute atomic E-state index is 6.63. The van der Waals surface area contributed by atoms with E-state index in [9.17, 15) is 0 Å². The van der Waals surface area contributed by atoms with Gasteiger partial charge in [0.05, 0.1) is 24.4 Å². The molecule has 168 valence electrons. The summed E-state index contributed by atoms with van der Waals surface area (Å²) in [7, 11) is -2.49. The molecule has 6 heteroatoms. The van der Waals surface area contributed by atoms with Gasteiger partial charge in [0.25, 0.3) is 0 Å². The Kier molecular flexibility index (Phi) is 7.19. The van der Waals surface area contributed by atoms with Crippen molar-refractivity contribution < 1.29 is 18.5 Å². The average Bonchev–Trinajstić information content (AvgIpc) is 2.96. The standard InChI is InChI=1S/C25H37BO4Si/c1-23(2)24(3,4)30-26(29-23)25(5,19-27-18-21-14-10-8-11-15-21)20-28-31(6,7)22-16-12-9-13-17-22/h8-17H,18-20H2,1-7H3. The summed E-state index contributed by atoms with van der Waals surface area (Å²) in [5.41, 5.74) is 0.355. The Hall–Kier alpha value is -1.44. The third-order valence-corrected chi connectivity index (χ3v) is 9.19. The van der Waals surface area contributed by atoms with Crippen molar-refractivity contribution in [1.29, 1.82) is 0 Å². The molecule has 0 amide bonds. The van der Waals surface area contributed by atoms with E-state index in [-0.39, 0.29) is 0 Å². The molecule has 2 aromatic carbocycles. The first-order valence-electron chi connectivity index (χ1n) is 11.1. The van der Waals surface area contributed by atoms with Crippen molar-refractivity contribution in [3.8, 4) is 0 Å². The summed E-state index contributed by atoms with van der Waals surface area (Å²) < 4.78 is 25.7. The number of ether oxygens (including phenoxy) is 1. The topological polar surface area (TPSA) is 36.9 Å². The van der Waals surface area contributed by atoms with E-state index in [1.54, 1.807) is 0 Å². The van der Waals surface area contributed by atoms with Crippen molar-refractivity contribution in [2.45, 2.75) is 70.8 Å². The van der Waals surface area contributed by atoms with E-state index in [4.69, 9.17) is 18.5 Å². The molecule has 1 saturated heterocycles. The summed E-state index contributed by atoms with van der Waals surface area (Å²) in [5.74, 6) is 0. The normalized spacial score (nSPS) is 19.9. The van der Waals surface area contributed by atoms with Crippen molar-refractivity contribution >= 4 is 20.6 Å². The largest absolute Gasteiger partial charge is 0.468 e. The lowest BCUT2D eigenvalue weighted by atomic mass is 9.59. The molecule has 0 saturated carbocycles. The van der Waals surface area contributed by atoms with Crippen LogP contribution in [0.4, 0.5) is 0 Å². The fraction of sp³-hybridized carbons (Fsp3) is 0.520. The molecule has 0 aliphatic carbocycles. The summed E-state index contributed by atoms with van der Waals surface area (Å²) in [6.45, 7) is 16.5. The fourth-order valence-corrected chi connectivity index (χ4v) is 5.40. The minimum Gasteiger partial charge on any atom is -0.413 e. The number of hydrogen-bond acceptors (Lipinski definition) is 4. The van der Waals surface area contributed by atoms with Crippen LogP contribution in [0.5, 0.6) is 0 Å². The number of rotatable bonds is 9. The van der Waals surface area contributed by atoms with Crippen LogP contribution in [0, 0.1) is 0 Å². The minimum absolute atomic E-state index is 0.398. The number of benzene rings is 2. The smallest absolute Gasteiger partial charge is 0.413 e. The van der Waals surface area contributed by atoms with Crippen LogP contribution in [0.15, 0.2) is 60.7 Å². The SMILES string of the molecule is CC(COCc1ccccc1)(CO[Si](C)(C)c1ccccc1)B1OC(C)(C)C(C)(C)O1. The predicted molar refractivity (Wildman–Crippen MR) is 130 cm³/mol. The highest BCUT2D eigenvalue weighted by Crippen LogP contribution is 2.45. The highest BCUT2D eigenvalue weighted by Gasteiger charge is 2.58. The molecule has 1 heterocycles. The van der Waals surface area contributed by atoms with Crippen LogP contribution in [-0.4, -0.2) is 39.9 Å². The monoisotopic (exact) mass is 440 g/mol. The molecule has 2 aromatic rings. The summed E-state index contributed by atoms with van der Waals surface area (Å²) in [5, 5.41) is 0.829. The van der Waals surface area contributed by atoms with Crippen molar-refractivity contribution in [2.24, 2.45) is 0 Å². The lowest BCUT2D eigenvalue weighted by Crippen LogP contribution is -2.49. The zero-order valence-electron chi connectivity index (χ0n) is 20.1. The maximum Gasteiger partial charge on any atom is 0.468 e. The first-order valence-corrected chi connectivity index (χ1v) is 14.0. The highest BCUT2D eigenvalue weighted by molar-refractivity contribution is 6.84. The molecule has 31 heavy (non-hydrogen) atoms. The Bertz CT molecular complexity index is 825. The molecule has 1 aliphatic rings. The summed E-state index contributed by atoms with van der Waals surface area (Å²) >= 11 is 0. The van der Waals surface area contributed by atoms with Gasteiger partial charge in [0.15, 0.2) is 0 Å². The highest BCUT2D eigenvalue weighted by atomic mass is 28.4. The van der Waals surface area contributed by atoms with Crippen LogP contribution in [0.2, 0.25) is 18.4 Å². The Morgan fingerprint density at radius 1 is 0.839 bits per heavy atom. The Labute approximate surface area is 189 Å². The van der Waals surface area contributed by atoms with Gasteiger partial charge in [-0.3, -0.25) is 0 Å². The van der Waals surface area contributed by atoms with Crippen LogP contribution in [0.3, 0.4) is 0 Å². The molecule has 0 radical (unpaired) electrons. The van der Waals surface area contributed by atoms with Crippen LogP contribution in [-0.2, 0) is 25.1 Å². The van der Waals surface area contributed by atoms with Gasteiger partial charge in [0.1, 0.15) is 0 Å². The first kappa shape index (κ1) is 24.2. The van der Waals surface area contributed by atoms with Gasteiger partial charge in [-0.15, -0.1) is 0 Å². The lowest BCUT2D eigenvalue weighted by Gasteiger charge is -2.35. The van der Waals surface area contributed by atoms with Crippen molar-refractivity contribution in [3.63, 3.8) is 0 Å². The molecule has 0 aromatic heterocycles. The molecule has 0 N–H and O–H groups in total. The molecule has 0 spiro atoms. The van der Waals surface area contributed by atoms with E-state index < -0.39 is 32.0 Å². The molecular formula is C25H37BO4Si. The van der Waals surface area contributed by atoms with E-state index in [0.717, 1.165) is 5.56 Å². The predicted octanol–water partition coefficient (Wildman–Crippen LogP) is 5.18.